The molecule has 2 aromatic heterocycles. The molecule has 1 aliphatic heterocycles. The normalized spacial score (nSPS) is 18.2. The third-order valence-electron chi connectivity index (χ3n) is 5.16. The molecule has 1 saturated heterocycles. The molecule has 0 N–H and O–H groups in total. The molecule has 1 fully saturated rings. The molecule has 29 heavy (non-hydrogen) atoms. The number of nitrogens with zero attached hydrogens (tertiary/aromatic N) is 4. The number of aromatic nitrogens is 3. The van der Waals surface area contributed by atoms with Crippen molar-refractivity contribution in [2.24, 2.45) is 7.05 Å². The molecule has 0 saturated carbocycles. The monoisotopic (exact) mass is 434 g/mol. The van der Waals surface area contributed by atoms with Crippen LogP contribution in [0.5, 0.6) is 0 Å². The highest BCUT2D eigenvalue weighted by Crippen LogP contribution is 2.36. The van der Waals surface area contributed by atoms with E-state index >= 15 is 0 Å². The van der Waals surface area contributed by atoms with Crippen LogP contribution in [0, 0.1) is 6.92 Å². The largest absolute Gasteiger partial charge is 0.444 e. The SMILES string of the molecule is Cc1nn(C)cc1S(=O)(=O)N1CCCCC1c1ncc(Cc2ccc(Cl)cc2)o1. The summed E-state index contributed by atoms with van der Waals surface area (Å²) in [6.07, 6.45) is 6.23. The fourth-order valence-corrected chi connectivity index (χ4v) is 5.74. The first-order valence-electron chi connectivity index (χ1n) is 9.56. The zero-order valence-corrected chi connectivity index (χ0v) is 17.9. The summed E-state index contributed by atoms with van der Waals surface area (Å²) in [6, 6.07) is 7.13. The van der Waals surface area contributed by atoms with Gasteiger partial charge in [0.05, 0.1) is 11.9 Å². The van der Waals surface area contributed by atoms with E-state index in [9.17, 15) is 8.42 Å². The van der Waals surface area contributed by atoms with Crippen molar-refractivity contribution >= 4 is 21.6 Å². The summed E-state index contributed by atoms with van der Waals surface area (Å²) >= 11 is 5.94. The Morgan fingerprint density at radius 1 is 1.24 bits per heavy atom. The summed E-state index contributed by atoms with van der Waals surface area (Å²) in [5.41, 5.74) is 1.55. The van der Waals surface area contributed by atoms with Crippen molar-refractivity contribution < 1.29 is 12.8 Å². The van der Waals surface area contributed by atoms with Crippen LogP contribution in [-0.4, -0.2) is 34.0 Å². The quantitative estimate of drug-likeness (QED) is 0.608. The second-order valence-electron chi connectivity index (χ2n) is 7.35. The summed E-state index contributed by atoms with van der Waals surface area (Å²) < 4.78 is 35.7. The van der Waals surface area contributed by atoms with E-state index in [1.165, 1.54) is 8.99 Å². The van der Waals surface area contributed by atoms with E-state index in [4.69, 9.17) is 16.0 Å². The lowest BCUT2D eigenvalue weighted by atomic mass is 10.1. The summed E-state index contributed by atoms with van der Waals surface area (Å²) in [6.45, 7) is 2.15. The summed E-state index contributed by atoms with van der Waals surface area (Å²) in [4.78, 5) is 4.65. The molecule has 1 aromatic carbocycles. The van der Waals surface area contributed by atoms with E-state index in [0.717, 1.165) is 18.4 Å². The van der Waals surface area contributed by atoms with Gasteiger partial charge in [0.1, 0.15) is 16.7 Å². The minimum absolute atomic E-state index is 0.236. The van der Waals surface area contributed by atoms with Crippen LogP contribution >= 0.6 is 11.6 Å². The Hall–Kier alpha value is -2.16. The van der Waals surface area contributed by atoms with Crippen LogP contribution in [0.15, 0.2) is 46.0 Å². The fraction of sp³-hybridized carbons (Fsp3) is 0.400. The molecule has 0 spiro atoms. The van der Waals surface area contributed by atoms with Crippen LogP contribution in [0.4, 0.5) is 0 Å². The number of rotatable bonds is 5. The third-order valence-corrected chi connectivity index (χ3v) is 7.42. The van der Waals surface area contributed by atoms with Gasteiger partial charge in [0.15, 0.2) is 0 Å². The van der Waals surface area contributed by atoms with Crippen LogP contribution in [0.25, 0.3) is 0 Å². The molecule has 7 nitrogen and oxygen atoms in total. The van der Waals surface area contributed by atoms with E-state index < -0.39 is 16.1 Å². The van der Waals surface area contributed by atoms with Crippen molar-refractivity contribution in [1.82, 2.24) is 19.1 Å². The lowest BCUT2D eigenvalue weighted by Crippen LogP contribution is -2.38. The van der Waals surface area contributed by atoms with Crippen molar-refractivity contribution in [1.29, 1.82) is 0 Å². The Kier molecular flexibility index (Phi) is 5.50. The molecule has 0 aliphatic carbocycles. The van der Waals surface area contributed by atoms with Gasteiger partial charge in [0, 0.05) is 31.2 Å². The first-order valence-corrected chi connectivity index (χ1v) is 11.4. The molecular formula is C20H23ClN4O3S. The second kappa shape index (κ2) is 7.93. The van der Waals surface area contributed by atoms with Gasteiger partial charge >= 0.3 is 0 Å². The van der Waals surface area contributed by atoms with Gasteiger partial charge in [0.2, 0.25) is 15.9 Å². The maximum Gasteiger partial charge on any atom is 0.247 e. The molecule has 0 amide bonds. The topological polar surface area (TPSA) is 81.2 Å². The zero-order valence-electron chi connectivity index (χ0n) is 16.4. The molecule has 0 radical (unpaired) electrons. The average Bonchev–Trinajstić information content (AvgIpc) is 3.30. The van der Waals surface area contributed by atoms with Crippen LogP contribution < -0.4 is 0 Å². The smallest absolute Gasteiger partial charge is 0.247 e. The average molecular weight is 435 g/mol. The van der Waals surface area contributed by atoms with Crippen LogP contribution in [0.1, 0.15) is 48.2 Å². The molecule has 3 heterocycles. The highest BCUT2D eigenvalue weighted by atomic mass is 35.5. The van der Waals surface area contributed by atoms with E-state index in [1.54, 1.807) is 26.4 Å². The standard InChI is InChI=1S/C20H23ClN4O3S/c1-14-19(13-24(2)23-14)29(26,27)25-10-4-3-5-18(25)20-22-12-17(28-20)11-15-6-8-16(21)9-7-15/h6-9,12-13,18H,3-5,10-11H2,1-2H3. The van der Waals surface area contributed by atoms with Gasteiger partial charge in [-0.05, 0) is 37.5 Å². The maximum atomic E-state index is 13.3. The van der Waals surface area contributed by atoms with E-state index in [2.05, 4.69) is 10.1 Å². The number of piperidine rings is 1. The minimum Gasteiger partial charge on any atom is -0.444 e. The van der Waals surface area contributed by atoms with Crippen LogP contribution in [0.2, 0.25) is 5.02 Å². The van der Waals surface area contributed by atoms with Gasteiger partial charge in [-0.25, -0.2) is 13.4 Å². The van der Waals surface area contributed by atoms with Crippen LogP contribution in [0.3, 0.4) is 0 Å². The van der Waals surface area contributed by atoms with Gasteiger partial charge < -0.3 is 4.42 Å². The van der Waals surface area contributed by atoms with Gasteiger partial charge in [-0.1, -0.05) is 30.2 Å². The zero-order chi connectivity index (χ0) is 20.6. The van der Waals surface area contributed by atoms with Gasteiger partial charge in [-0.3, -0.25) is 4.68 Å². The molecule has 0 bridgehead atoms. The number of sulfonamides is 1. The minimum atomic E-state index is -3.69. The highest BCUT2D eigenvalue weighted by Gasteiger charge is 2.38. The predicted molar refractivity (Wildman–Crippen MR) is 109 cm³/mol. The Bertz CT molecular complexity index is 1110. The molecule has 4 rings (SSSR count). The Labute approximate surface area is 175 Å². The van der Waals surface area contributed by atoms with E-state index in [-0.39, 0.29) is 4.90 Å². The van der Waals surface area contributed by atoms with Crippen molar-refractivity contribution in [3.05, 3.63) is 64.6 Å². The van der Waals surface area contributed by atoms with Crippen molar-refractivity contribution in [3.8, 4) is 0 Å². The van der Waals surface area contributed by atoms with Gasteiger partial charge in [-0.15, -0.1) is 0 Å². The third kappa shape index (κ3) is 4.10. The van der Waals surface area contributed by atoms with E-state index in [1.807, 2.05) is 24.3 Å². The Morgan fingerprint density at radius 3 is 2.69 bits per heavy atom. The fourth-order valence-electron chi connectivity index (χ4n) is 3.76. The highest BCUT2D eigenvalue weighted by molar-refractivity contribution is 7.89. The Balaban J connectivity index is 1.60. The van der Waals surface area contributed by atoms with Crippen molar-refractivity contribution in [2.75, 3.05) is 6.54 Å². The summed E-state index contributed by atoms with van der Waals surface area (Å²) in [7, 11) is -1.97. The first kappa shape index (κ1) is 20.1. The van der Waals surface area contributed by atoms with E-state index in [0.29, 0.717) is 41.8 Å². The van der Waals surface area contributed by atoms with Gasteiger partial charge in [-0.2, -0.15) is 9.40 Å². The first-order chi connectivity index (χ1) is 13.8. The molecule has 3 aromatic rings. The number of halogens is 1. The second-order valence-corrected chi connectivity index (χ2v) is 9.64. The predicted octanol–water partition coefficient (Wildman–Crippen LogP) is 3.88. The molecule has 154 valence electrons. The van der Waals surface area contributed by atoms with Crippen molar-refractivity contribution in [2.45, 2.75) is 43.5 Å². The summed E-state index contributed by atoms with van der Waals surface area (Å²) in [5.74, 6) is 1.14. The lowest BCUT2D eigenvalue weighted by molar-refractivity contribution is 0.216. The van der Waals surface area contributed by atoms with Gasteiger partial charge in [0.25, 0.3) is 0 Å². The number of aryl methyl sites for hydroxylation is 2. The Morgan fingerprint density at radius 2 is 2.00 bits per heavy atom. The molecule has 1 atom stereocenters. The number of hydrogen-bond acceptors (Lipinski definition) is 5. The van der Waals surface area contributed by atoms with Crippen LogP contribution in [-0.2, 0) is 23.5 Å². The lowest BCUT2D eigenvalue weighted by Gasteiger charge is -2.32. The molecular weight excluding hydrogens is 412 g/mol. The maximum absolute atomic E-state index is 13.3. The number of oxazole rings is 1. The molecule has 1 unspecified atom stereocenters. The summed E-state index contributed by atoms with van der Waals surface area (Å²) in [5, 5.41) is 4.87. The molecule has 1 aliphatic rings. The number of benzene rings is 1. The molecule has 9 heteroatoms. The number of hydrogen-bond donors (Lipinski definition) is 0. The van der Waals surface area contributed by atoms with Crippen molar-refractivity contribution in [3.63, 3.8) is 0 Å².